The van der Waals surface area contributed by atoms with Crippen molar-refractivity contribution in [3.8, 4) is 0 Å². The van der Waals surface area contributed by atoms with Gasteiger partial charge < -0.3 is 4.74 Å². The van der Waals surface area contributed by atoms with Gasteiger partial charge in [-0.2, -0.15) is 0 Å². The Morgan fingerprint density at radius 2 is 1.65 bits per heavy atom. The maximum absolute atomic E-state index is 11.4. The van der Waals surface area contributed by atoms with E-state index in [2.05, 4.69) is 11.3 Å². The van der Waals surface area contributed by atoms with E-state index >= 15 is 0 Å². The standard InChI is InChI=1S/C16H12Cl2O2/c1-10(14-9-13(17)7-8-15(14)18)11-3-5-12(6-4-11)16(19)20-2/h3-9H,1H2,2H3. The Morgan fingerprint density at radius 1 is 1.05 bits per heavy atom. The molecule has 0 aromatic heterocycles. The van der Waals surface area contributed by atoms with Crippen molar-refractivity contribution >= 4 is 34.7 Å². The van der Waals surface area contributed by atoms with Crippen LogP contribution >= 0.6 is 23.2 Å². The SMILES string of the molecule is C=C(c1ccc(C(=O)OC)cc1)c1cc(Cl)ccc1Cl. The number of carbonyl (C=O) groups is 1. The van der Waals surface area contributed by atoms with Gasteiger partial charge in [-0.1, -0.05) is 41.9 Å². The van der Waals surface area contributed by atoms with Crippen LogP contribution in [0.1, 0.15) is 21.5 Å². The molecule has 4 heteroatoms. The Balaban J connectivity index is 2.34. The molecule has 0 heterocycles. The zero-order valence-electron chi connectivity index (χ0n) is 10.8. The van der Waals surface area contributed by atoms with Gasteiger partial charge >= 0.3 is 5.97 Å². The summed E-state index contributed by atoms with van der Waals surface area (Å²) in [4.78, 5) is 11.4. The topological polar surface area (TPSA) is 26.3 Å². The minimum Gasteiger partial charge on any atom is -0.465 e. The highest BCUT2D eigenvalue weighted by molar-refractivity contribution is 6.34. The first-order valence-corrected chi connectivity index (χ1v) is 6.61. The molecule has 0 aliphatic carbocycles. The summed E-state index contributed by atoms with van der Waals surface area (Å²) in [5.74, 6) is -0.372. The molecule has 2 rings (SSSR count). The van der Waals surface area contributed by atoms with Crippen molar-refractivity contribution in [1.29, 1.82) is 0 Å². The summed E-state index contributed by atoms with van der Waals surface area (Å²) in [7, 11) is 1.35. The lowest BCUT2D eigenvalue weighted by molar-refractivity contribution is 0.0601. The second kappa shape index (κ2) is 6.12. The molecule has 0 spiro atoms. The van der Waals surface area contributed by atoms with Gasteiger partial charge in [0.2, 0.25) is 0 Å². The van der Waals surface area contributed by atoms with Crippen molar-refractivity contribution in [2.75, 3.05) is 7.11 Å². The first-order chi connectivity index (χ1) is 9.52. The number of ether oxygens (including phenoxy) is 1. The summed E-state index contributed by atoms with van der Waals surface area (Å²) in [6.07, 6.45) is 0. The average molecular weight is 307 g/mol. The number of carbonyl (C=O) groups excluding carboxylic acids is 1. The summed E-state index contributed by atoms with van der Waals surface area (Å²) < 4.78 is 4.66. The van der Waals surface area contributed by atoms with Crippen LogP contribution in [0, 0.1) is 0 Å². The van der Waals surface area contributed by atoms with Crippen LogP contribution in [-0.2, 0) is 4.74 Å². The van der Waals surface area contributed by atoms with Gasteiger partial charge in [-0.3, -0.25) is 0 Å². The molecule has 0 bridgehead atoms. The first kappa shape index (κ1) is 14.6. The molecule has 2 nitrogen and oxygen atoms in total. The van der Waals surface area contributed by atoms with E-state index in [4.69, 9.17) is 23.2 Å². The third-order valence-electron chi connectivity index (χ3n) is 2.91. The van der Waals surface area contributed by atoms with E-state index in [1.165, 1.54) is 7.11 Å². The van der Waals surface area contributed by atoms with Gasteiger partial charge in [0.25, 0.3) is 0 Å². The number of hydrogen-bond acceptors (Lipinski definition) is 2. The Morgan fingerprint density at radius 3 is 2.25 bits per heavy atom. The van der Waals surface area contributed by atoms with Gasteiger partial charge in [-0.05, 0) is 41.5 Å². The number of rotatable bonds is 3. The van der Waals surface area contributed by atoms with Crippen molar-refractivity contribution in [3.05, 3.63) is 75.8 Å². The normalized spacial score (nSPS) is 10.2. The smallest absolute Gasteiger partial charge is 0.337 e. The van der Waals surface area contributed by atoms with E-state index in [1.54, 1.807) is 42.5 Å². The molecule has 2 aromatic rings. The highest BCUT2D eigenvalue weighted by Crippen LogP contribution is 2.30. The van der Waals surface area contributed by atoms with Crippen LogP contribution < -0.4 is 0 Å². The van der Waals surface area contributed by atoms with Crippen LogP contribution in [0.5, 0.6) is 0 Å². The first-order valence-electron chi connectivity index (χ1n) is 5.86. The second-order valence-electron chi connectivity index (χ2n) is 4.17. The van der Waals surface area contributed by atoms with Gasteiger partial charge in [-0.15, -0.1) is 0 Å². The van der Waals surface area contributed by atoms with Crippen molar-refractivity contribution in [2.45, 2.75) is 0 Å². The second-order valence-corrected chi connectivity index (χ2v) is 5.02. The lowest BCUT2D eigenvalue weighted by Crippen LogP contribution is -2.00. The monoisotopic (exact) mass is 306 g/mol. The van der Waals surface area contributed by atoms with Crippen molar-refractivity contribution in [3.63, 3.8) is 0 Å². The molecular weight excluding hydrogens is 295 g/mol. The molecule has 0 N–H and O–H groups in total. The van der Waals surface area contributed by atoms with Crippen molar-refractivity contribution < 1.29 is 9.53 Å². The molecule has 0 aliphatic heterocycles. The molecule has 0 aliphatic rings. The van der Waals surface area contributed by atoms with Gasteiger partial charge in [0.1, 0.15) is 0 Å². The van der Waals surface area contributed by atoms with Crippen LogP contribution in [-0.4, -0.2) is 13.1 Å². The average Bonchev–Trinajstić information content (AvgIpc) is 2.48. The van der Waals surface area contributed by atoms with Crippen molar-refractivity contribution in [2.24, 2.45) is 0 Å². The number of benzene rings is 2. The van der Waals surface area contributed by atoms with Gasteiger partial charge in [-0.25, -0.2) is 4.79 Å². The third kappa shape index (κ3) is 3.03. The summed E-state index contributed by atoms with van der Waals surface area (Å²) in [5.41, 5.74) is 2.86. The van der Waals surface area contributed by atoms with Gasteiger partial charge in [0.15, 0.2) is 0 Å². The number of methoxy groups -OCH3 is 1. The summed E-state index contributed by atoms with van der Waals surface area (Å²) >= 11 is 12.1. The quantitative estimate of drug-likeness (QED) is 0.758. The molecular formula is C16H12Cl2O2. The largest absolute Gasteiger partial charge is 0.465 e. The molecule has 0 saturated heterocycles. The van der Waals surface area contributed by atoms with Crippen LogP contribution in [0.2, 0.25) is 10.0 Å². The molecule has 0 amide bonds. The zero-order valence-corrected chi connectivity index (χ0v) is 12.3. The van der Waals surface area contributed by atoms with Crippen LogP contribution in [0.25, 0.3) is 5.57 Å². The highest BCUT2D eigenvalue weighted by Gasteiger charge is 2.09. The van der Waals surface area contributed by atoms with E-state index in [0.29, 0.717) is 15.6 Å². The Hall–Kier alpha value is -1.77. The summed E-state index contributed by atoms with van der Waals surface area (Å²) in [5, 5.41) is 1.17. The highest BCUT2D eigenvalue weighted by atomic mass is 35.5. The molecule has 0 atom stereocenters. The van der Waals surface area contributed by atoms with E-state index in [-0.39, 0.29) is 5.97 Å². The van der Waals surface area contributed by atoms with Gasteiger partial charge in [0, 0.05) is 15.6 Å². The fourth-order valence-electron chi connectivity index (χ4n) is 1.81. The van der Waals surface area contributed by atoms with Crippen LogP contribution in [0.15, 0.2) is 49.0 Å². The fourth-order valence-corrected chi connectivity index (χ4v) is 2.21. The molecule has 20 heavy (non-hydrogen) atoms. The molecule has 0 radical (unpaired) electrons. The minimum atomic E-state index is -0.372. The van der Waals surface area contributed by atoms with E-state index in [0.717, 1.165) is 16.7 Å². The van der Waals surface area contributed by atoms with E-state index in [9.17, 15) is 4.79 Å². The van der Waals surface area contributed by atoms with Crippen LogP contribution in [0.4, 0.5) is 0 Å². The molecule has 0 unspecified atom stereocenters. The molecule has 0 saturated carbocycles. The fraction of sp³-hybridized carbons (Fsp3) is 0.0625. The Kier molecular flexibility index (Phi) is 4.48. The molecule has 2 aromatic carbocycles. The minimum absolute atomic E-state index is 0.372. The maximum atomic E-state index is 11.4. The number of halogens is 2. The van der Waals surface area contributed by atoms with E-state index in [1.807, 2.05) is 0 Å². The maximum Gasteiger partial charge on any atom is 0.337 e. The predicted molar refractivity (Wildman–Crippen MR) is 82.4 cm³/mol. The lowest BCUT2D eigenvalue weighted by Gasteiger charge is -2.09. The summed E-state index contributed by atoms with van der Waals surface area (Å²) in [6.45, 7) is 4.03. The Bertz CT molecular complexity index is 661. The number of esters is 1. The third-order valence-corrected chi connectivity index (χ3v) is 3.47. The zero-order chi connectivity index (χ0) is 14.7. The molecule has 0 fully saturated rings. The lowest BCUT2D eigenvalue weighted by atomic mass is 9.98. The van der Waals surface area contributed by atoms with Gasteiger partial charge in [0.05, 0.1) is 12.7 Å². The van der Waals surface area contributed by atoms with E-state index < -0.39 is 0 Å². The molecule has 102 valence electrons. The number of hydrogen-bond donors (Lipinski definition) is 0. The summed E-state index contributed by atoms with van der Waals surface area (Å²) in [6, 6.07) is 12.2. The van der Waals surface area contributed by atoms with Crippen molar-refractivity contribution in [1.82, 2.24) is 0 Å². The Labute approximate surface area is 127 Å². The predicted octanol–water partition coefficient (Wildman–Crippen LogP) is 4.84. The van der Waals surface area contributed by atoms with Crippen LogP contribution in [0.3, 0.4) is 0 Å².